The first-order valence-electron chi connectivity index (χ1n) is 5.83. The van der Waals surface area contributed by atoms with Crippen LogP contribution in [-0.4, -0.2) is 15.8 Å². The van der Waals surface area contributed by atoms with Gasteiger partial charge in [0.1, 0.15) is 5.82 Å². The number of anilines is 1. The second kappa shape index (κ2) is 5.73. The average Bonchev–Trinajstić information content (AvgIpc) is 2.85. The van der Waals surface area contributed by atoms with Crippen LogP contribution in [-0.2, 0) is 13.0 Å². The summed E-state index contributed by atoms with van der Waals surface area (Å²) in [5.41, 5.74) is 1.65. The van der Waals surface area contributed by atoms with Gasteiger partial charge in [-0.3, -0.25) is 4.79 Å². The van der Waals surface area contributed by atoms with E-state index in [1.807, 2.05) is 6.07 Å². The highest BCUT2D eigenvalue weighted by Crippen LogP contribution is 2.12. The molecule has 5 heteroatoms. The van der Waals surface area contributed by atoms with Crippen LogP contribution in [0.5, 0.6) is 0 Å². The lowest BCUT2D eigenvalue weighted by Crippen LogP contribution is -2.02. The molecule has 0 amide bonds. The van der Waals surface area contributed by atoms with Crippen molar-refractivity contribution in [2.45, 2.75) is 26.8 Å². The summed E-state index contributed by atoms with van der Waals surface area (Å²) in [4.78, 5) is 19.8. The fourth-order valence-electron chi connectivity index (χ4n) is 1.48. The Morgan fingerprint density at radius 3 is 2.83 bits per heavy atom. The van der Waals surface area contributed by atoms with Crippen molar-refractivity contribution >= 4 is 22.9 Å². The number of hydrogen-bond donors (Lipinski definition) is 1. The molecule has 0 saturated heterocycles. The second-order valence-corrected chi connectivity index (χ2v) is 4.87. The Labute approximate surface area is 110 Å². The van der Waals surface area contributed by atoms with Crippen LogP contribution >= 0.6 is 11.3 Å². The van der Waals surface area contributed by atoms with Gasteiger partial charge in [-0.15, -0.1) is 11.3 Å². The third kappa shape index (κ3) is 3.13. The normalized spacial score (nSPS) is 10.3. The summed E-state index contributed by atoms with van der Waals surface area (Å²) in [5, 5.41) is 6.38. The molecule has 0 aliphatic heterocycles. The first-order chi connectivity index (χ1) is 8.69. The number of ketones is 1. The number of hydrogen-bond acceptors (Lipinski definition) is 5. The van der Waals surface area contributed by atoms with Crippen LogP contribution in [0.1, 0.15) is 34.9 Å². The number of aromatic nitrogens is 2. The summed E-state index contributed by atoms with van der Waals surface area (Å²) in [6, 6.07) is 3.58. The van der Waals surface area contributed by atoms with Crippen LogP contribution in [0.15, 0.2) is 23.7 Å². The van der Waals surface area contributed by atoms with E-state index in [4.69, 9.17) is 0 Å². The zero-order valence-corrected chi connectivity index (χ0v) is 11.3. The van der Waals surface area contributed by atoms with Gasteiger partial charge >= 0.3 is 0 Å². The number of thiazole rings is 1. The Morgan fingerprint density at radius 2 is 2.28 bits per heavy atom. The van der Waals surface area contributed by atoms with Crippen LogP contribution in [0, 0.1) is 0 Å². The quantitative estimate of drug-likeness (QED) is 0.841. The first-order valence-corrected chi connectivity index (χ1v) is 6.71. The predicted molar refractivity (Wildman–Crippen MR) is 73.1 cm³/mol. The highest BCUT2D eigenvalue weighted by Gasteiger charge is 2.02. The summed E-state index contributed by atoms with van der Waals surface area (Å²) in [6.45, 7) is 4.28. The van der Waals surface area contributed by atoms with Gasteiger partial charge in [-0.1, -0.05) is 6.92 Å². The standard InChI is InChI=1S/C13H15N3OS/c1-3-13-16-11(8-18-13)7-15-12-5-4-10(6-14-12)9(2)17/h4-6,8H,3,7H2,1-2H3,(H,14,15). The molecule has 94 valence electrons. The van der Waals surface area contributed by atoms with Gasteiger partial charge in [-0.25, -0.2) is 9.97 Å². The minimum atomic E-state index is 0.0288. The van der Waals surface area contributed by atoms with Gasteiger partial charge in [0.25, 0.3) is 0 Å². The van der Waals surface area contributed by atoms with E-state index in [-0.39, 0.29) is 5.78 Å². The molecule has 1 N–H and O–H groups in total. The van der Waals surface area contributed by atoms with Crippen molar-refractivity contribution in [3.8, 4) is 0 Å². The molecule has 2 heterocycles. The third-order valence-corrected chi connectivity index (χ3v) is 3.56. The van der Waals surface area contributed by atoms with E-state index in [2.05, 4.69) is 27.6 Å². The summed E-state index contributed by atoms with van der Waals surface area (Å²) < 4.78 is 0. The van der Waals surface area contributed by atoms with Crippen molar-refractivity contribution in [3.63, 3.8) is 0 Å². The maximum absolute atomic E-state index is 11.1. The van der Waals surface area contributed by atoms with E-state index in [0.717, 1.165) is 22.9 Å². The van der Waals surface area contributed by atoms with Gasteiger partial charge in [0.05, 0.1) is 17.2 Å². The number of Topliss-reactive ketones (excluding diaryl/α,β-unsaturated/α-hetero) is 1. The number of aryl methyl sites for hydroxylation is 1. The number of nitrogens with zero attached hydrogens (tertiary/aromatic N) is 2. The van der Waals surface area contributed by atoms with Crippen LogP contribution in [0.2, 0.25) is 0 Å². The summed E-state index contributed by atoms with van der Waals surface area (Å²) in [5.74, 6) is 0.784. The molecule has 2 rings (SSSR count). The number of rotatable bonds is 5. The molecule has 0 aliphatic rings. The molecule has 0 aliphatic carbocycles. The van der Waals surface area contributed by atoms with E-state index in [0.29, 0.717) is 12.1 Å². The Balaban J connectivity index is 1.95. The van der Waals surface area contributed by atoms with Gasteiger partial charge in [0.2, 0.25) is 0 Å². The topological polar surface area (TPSA) is 54.9 Å². The second-order valence-electron chi connectivity index (χ2n) is 3.93. The zero-order chi connectivity index (χ0) is 13.0. The minimum absolute atomic E-state index is 0.0288. The molecule has 0 fully saturated rings. The van der Waals surface area contributed by atoms with E-state index in [1.54, 1.807) is 23.6 Å². The van der Waals surface area contributed by atoms with Gasteiger partial charge in [-0.2, -0.15) is 0 Å². The summed E-state index contributed by atoms with van der Waals surface area (Å²) in [6.07, 6.45) is 2.55. The smallest absolute Gasteiger partial charge is 0.161 e. The average molecular weight is 261 g/mol. The molecule has 18 heavy (non-hydrogen) atoms. The molecule has 0 aromatic carbocycles. The van der Waals surface area contributed by atoms with Crippen molar-refractivity contribution in [1.29, 1.82) is 0 Å². The minimum Gasteiger partial charge on any atom is -0.364 e. The molecule has 0 unspecified atom stereocenters. The van der Waals surface area contributed by atoms with Crippen molar-refractivity contribution in [2.24, 2.45) is 0 Å². The van der Waals surface area contributed by atoms with Crippen molar-refractivity contribution < 1.29 is 4.79 Å². The molecule has 2 aromatic heterocycles. The molecule has 0 radical (unpaired) electrons. The Morgan fingerprint density at radius 1 is 1.44 bits per heavy atom. The number of nitrogens with one attached hydrogen (secondary N) is 1. The van der Waals surface area contributed by atoms with Gasteiger partial charge in [-0.05, 0) is 25.5 Å². The summed E-state index contributed by atoms with van der Waals surface area (Å²) in [7, 11) is 0. The predicted octanol–water partition coefficient (Wildman–Crippen LogP) is 2.92. The van der Waals surface area contributed by atoms with E-state index in [9.17, 15) is 4.79 Å². The summed E-state index contributed by atoms with van der Waals surface area (Å²) >= 11 is 1.67. The third-order valence-electron chi connectivity index (χ3n) is 2.52. The monoisotopic (exact) mass is 261 g/mol. The Kier molecular flexibility index (Phi) is 4.04. The number of carbonyl (C=O) groups excluding carboxylic acids is 1. The zero-order valence-electron chi connectivity index (χ0n) is 10.4. The fourth-order valence-corrected chi connectivity index (χ4v) is 2.23. The van der Waals surface area contributed by atoms with Crippen molar-refractivity contribution in [2.75, 3.05) is 5.32 Å². The van der Waals surface area contributed by atoms with Crippen molar-refractivity contribution in [1.82, 2.24) is 9.97 Å². The molecule has 4 nitrogen and oxygen atoms in total. The van der Waals surface area contributed by atoms with Crippen molar-refractivity contribution in [3.05, 3.63) is 40.0 Å². The lowest BCUT2D eigenvalue weighted by molar-refractivity contribution is 0.101. The lowest BCUT2D eigenvalue weighted by Gasteiger charge is -2.03. The maximum Gasteiger partial charge on any atom is 0.161 e. The Hall–Kier alpha value is -1.75. The van der Waals surface area contributed by atoms with Crippen LogP contribution in [0.25, 0.3) is 0 Å². The fraction of sp³-hybridized carbons (Fsp3) is 0.308. The lowest BCUT2D eigenvalue weighted by atomic mass is 10.2. The Bertz CT molecular complexity index is 533. The molecular weight excluding hydrogens is 246 g/mol. The van der Waals surface area contributed by atoms with E-state index >= 15 is 0 Å². The molecular formula is C13H15N3OS. The van der Waals surface area contributed by atoms with Gasteiger partial charge < -0.3 is 5.32 Å². The maximum atomic E-state index is 11.1. The molecule has 0 atom stereocenters. The highest BCUT2D eigenvalue weighted by molar-refractivity contribution is 7.09. The molecule has 0 bridgehead atoms. The largest absolute Gasteiger partial charge is 0.364 e. The molecule has 2 aromatic rings. The molecule has 0 spiro atoms. The molecule has 0 saturated carbocycles. The van der Waals surface area contributed by atoms with E-state index in [1.165, 1.54) is 6.92 Å². The SMILES string of the molecule is CCc1nc(CNc2ccc(C(C)=O)cn2)cs1. The van der Waals surface area contributed by atoms with Crippen LogP contribution in [0.4, 0.5) is 5.82 Å². The van der Waals surface area contributed by atoms with Crippen LogP contribution < -0.4 is 5.32 Å². The first kappa shape index (κ1) is 12.7. The van der Waals surface area contributed by atoms with Gasteiger partial charge in [0.15, 0.2) is 5.78 Å². The number of pyridine rings is 1. The highest BCUT2D eigenvalue weighted by atomic mass is 32.1. The van der Waals surface area contributed by atoms with Gasteiger partial charge in [0, 0.05) is 17.1 Å². The van der Waals surface area contributed by atoms with E-state index < -0.39 is 0 Å². The number of carbonyl (C=O) groups is 1. The van der Waals surface area contributed by atoms with Crippen LogP contribution in [0.3, 0.4) is 0 Å².